The lowest BCUT2D eigenvalue weighted by atomic mass is 9.97. The molecule has 208 valence electrons. The number of methoxy groups -OCH3 is 2. The van der Waals surface area contributed by atoms with Crippen LogP contribution >= 0.6 is 11.3 Å². The Kier molecular flexibility index (Phi) is 7.48. The van der Waals surface area contributed by atoms with E-state index in [1.165, 1.54) is 24.3 Å². The number of ketones is 1. The van der Waals surface area contributed by atoms with E-state index in [1.807, 2.05) is 47.2 Å². The molecule has 0 aliphatic rings. The number of carbonyl (C=O) groups is 2. The number of nitrogens with one attached hydrogen (secondary N) is 1. The van der Waals surface area contributed by atoms with Crippen molar-refractivity contribution in [2.45, 2.75) is 11.8 Å². The van der Waals surface area contributed by atoms with Gasteiger partial charge < -0.3 is 15.2 Å². The first-order valence-corrected chi connectivity index (χ1v) is 14.6. The topological polar surface area (TPSA) is 138 Å². The number of rotatable bonds is 8. The highest BCUT2D eigenvalue weighted by Gasteiger charge is 2.25. The van der Waals surface area contributed by atoms with Crippen LogP contribution in [-0.2, 0) is 14.8 Å². The largest absolute Gasteiger partial charge is 0.497 e. The SMILES string of the molecule is COc1ccc(OC)c(-c2cc(-c3ccccc3)nc3sc(C(=O)c4ccc(S(=O)(=O)NC(C)=O)cc4)c(N)c23)c1. The van der Waals surface area contributed by atoms with Crippen molar-refractivity contribution < 1.29 is 27.5 Å². The summed E-state index contributed by atoms with van der Waals surface area (Å²) in [5, 5.41) is 0.592. The van der Waals surface area contributed by atoms with Gasteiger partial charge in [0.25, 0.3) is 10.0 Å². The highest BCUT2D eigenvalue weighted by Crippen LogP contribution is 2.45. The van der Waals surface area contributed by atoms with E-state index in [9.17, 15) is 18.0 Å². The molecule has 0 fully saturated rings. The fraction of sp³-hybridized carbons (Fsp3) is 0.100. The van der Waals surface area contributed by atoms with Gasteiger partial charge in [0.05, 0.1) is 30.5 Å². The van der Waals surface area contributed by atoms with Gasteiger partial charge in [0.2, 0.25) is 11.7 Å². The van der Waals surface area contributed by atoms with E-state index in [4.69, 9.17) is 20.2 Å². The molecule has 0 atom stereocenters. The van der Waals surface area contributed by atoms with E-state index in [-0.39, 0.29) is 21.0 Å². The van der Waals surface area contributed by atoms with Gasteiger partial charge in [-0.1, -0.05) is 30.3 Å². The average Bonchev–Trinajstić information content (AvgIpc) is 3.31. The van der Waals surface area contributed by atoms with Crippen molar-refractivity contribution in [3.8, 4) is 33.9 Å². The Morgan fingerprint density at radius 3 is 2.24 bits per heavy atom. The third kappa shape index (κ3) is 5.37. The molecule has 0 radical (unpaired) electrons. The maximum absolute atomic E-state index is 13.6. The van der Waals surface area contributed by atoms with E-state index in [2.05, 4.69) is 0 Å². The molecule has 1 amide bonds. The van der Waals surface area contributed by atoms with Crippen LogP contribution in [0.3, 0.4) is 0 Å². The summed E-state index contributed by atoms with van der Waals surface area (Å²) in [6, 6.07) is 22.3. The quantitative estimate of drug-likeness (QED) is 0.234. The standard InChI is InChI=1S/C30H25N3O6S2/c1-17(34)33-41(36,37)21-12-9-19(10-13-21)28(35)29-27(31)26-23(22-15-20(38-2)11-14-25(22)39-3)16-24(32-30(26)40-29)18-7-5-4-6-8-18/h4-16H,31H2,1-3H3,(H,33,34). The number of anilines is 1. The zero-order valence-electron chi connectivity index (χ0n) is 22.3. The molecule has 41 heavy (non-hydrogen) atoms. The van der Waals surface area contributed by atoms with Crippen LogP contribution in [0.2, 0.25) is 0 Å². The second kappa shape index (κ2) is 11.0. The van der Waals surface area contributed by atoms with E-state index < -0.39 is 21.7 Å². The number of fused-ring (bicyclic) bond motifs is 1. The van der Waals surface area contributed by atoms with Crippen molar-refractivity contribution in [3.63, 3.8) is 0 Å². The number of sulfonamides is 1. The number of ether oxygens (including phenoxy) is 2. The minimum atomic E-state index is -4.04. The van der Waals surface area contributed by atoms with Crippen molar-refractivity contribution in [2.75, 3.05) is 20.0 Å². The summed E-state index contributed by atoms with van der Waals surface area (Å²) in [5.74, 6) is 0.103. The van der Waals surface area contributed by atoms with Gasteiger partial charge in [0.15, 0.2) is 0 Å². The first-order chi connectivity index (χ1) is 19.6. The molecule has 0 aliphatic carbocycles. The summed E-state index contributed by atoms with van der Waals surface area (Å²) in [5.41, 5.74) is 10.1. The van der Waals surface area contributed by atoms with Crippen LogP contribution in [0.4, 0.5) is 5.69 Å². The molecule has 9 nitrogen and oxygen atoms in total. The van der Waals surface area contributed by atoms with Crippen molar-refractivity contribution in [3.05, 3.63) is 89.3 Å². The van der Waals surface area contributed by atoms with Crippen LogP contribution in [0.25, 0.3) is 32.6 Å². The van der Waals surface area contributed by atoms with Gasteiger partial charge in [-0.25, -0.2) is 18.1 Å². The maximum Gasteiger partial charge on any atom is 0.264 e. The van der Waals surface area contributed by atoms with E-state index in [0.29, 0.717) is 38.5 Å². The fourth-order valence-corrected chi connectivity index (χ4v) is 6.52. The first kappa shape index (κ1) is 27.8. The van der Waals surface area contributed by atoms with E-state index >= 15 is 0 Å². The minimum Gasteiger partial charge on any atom is -0.497 e. The van der Waals surface area contributed by atoms with Gasteiger partial charge >= 0.3 is 0 Å². The van der Waals surface area contributed by atoms with Crippen LogP contribution in [0.15, 0.2) is 83.8 Å². The second-order valence-corrected chi connectivity index (χ2v) is 11.7. The summed E-state index contributed by atoms with van der Waals surface area (Å²) >= 11 is 1.15. The molecular weight excluding hydrogens is 562 g/mol. The zero-order chi connectivity index (χ0) is 29.3. The molecule has 0 aliphatic heterocycles. The van der Waals surface area contributed by atoms with Gasteiger partial charge in [-0.3, -0.25) is 9.59 Å². The molecule has 0 unspecified atom stereocenters. The lowest BCUT2D eigenvalue weighted by Gasteiger charge is -2.14. The number of benzene rings is 3. The third-order valence-electron chi connectivity index (χ3n) is 6.38. The van der Waals surface area contributed by atoms with Crippen molar-refractivity contribution in [1.29, 1.82) is 0 Å². The van der Waals surface area contributed by atoms with Crippen LogP contribution in [-0.4, -0.2) is 39.3 Å². The second-order valence-electron chi connectivity index (χ2n) is 9.03. The van der Waals surface area contributed by atoms with Crippen molar-refractivity contribution in [1.82, 2.24) is 9.71 Å². The van der Waals surface area contributed by atoms with Crippen LogP contribution in [0.1, 0.15) is 22.2 Å². The number of amides is 1. The molecule has 3 N–H and O–H groups in total. The van der Waals surface area contributed by atoms with E-state index in [1.54, 1.807) is 26.4 Å². The Balaban J connectivity index is 1.68. The monoisotopic (exact) mass is 587 g/mol. The average molecular weight is 588 g/mol. The van der Waals surface area contributed by atoms with Crippen LogP contribution in [0.5, 0.6) is 11.5 Å². The molecule has 2 aromatic heterocycles. The lowest BCUT2D eigenvalue weighted by Crippen LogP contribution is -2.28. The Labute approximate surface area is 240 Å². The molecule has 11 heteroatoms. The number of carbonyl (C=O) groups excluding carboxylic acids is 2. The molecule has 2 heterocycles. The normalized spacial score (nSPS) is 11.3. The van der Waals surface area contributed by atoms with Gasteiger partial charge in [-0.15, -0.1) is 11.3 Å². The number of pyridine rings is 1. The van der Waals surface area contributed by atoms with Crippen molar-refractivity contribution in [2.24, 2.45) is 0 Å². The molecule has 3 aromatic carbocycles. The Morgan fingerprint density at radius 2 is 1.61 bits per heavy atom. The summed E-state index contributed by atoms with van der Waals surface area (Å²) in [7, 11) is -0.892. The number of nitrogen functional groups attached to an aromatic ring is 1. The minimum absolute atomic E-state index is 0.143. The van der Waals surface area contributed by atoms with Gasteiger partial charge in [0.1, 0.15) is 21.2 Å². The highest BCUT2D eigenvalue weighted by atomic mass is 32.2. The third-order valence-corrected chi connectivity index (χ3v) is 8.92. The fourth-order valence-electron chi connectivity index (χ4n) is 4.45. The number of thiophene rings is 1. The van der Waals surface area contributed by atoms with Gasteiger partial charge in [0, 0.05) is 34.6 Å². The summed E-state index contributed by atoms with van der Waals surface area (Å²) in [4.78, 5) is 30.4. The molecule has 0 saturated heterocycles. The number of nitrogens with zero attached hydrogens (tertiary/aromatic N) is 1. The Hall–Kier alpha value is -4.74. The molecule has 0 spiro atoms. The predicted octanol–water partition coefficient (Wildman–Crippen LogP) is 5.29. The number of nitrogens with two attached hydrogens (primary N) is 1. The highest BCUT2D eigenvalue weighted by molar-refractivity contribution is 7.90. The molecule has 5 aromatic rings. The number of hydrogen-bond acceptors (Lipinski definition) is 9. The zero-order valence-corrected chi connectivity index (χ0v) is 23.9. The lowest BCUT2D eigenvalue weighted by molar-refractivity contribution is -0.117. The first-order valence-electron chi connectivity index (χ1n) is 12.3. The smallest absolute Gasteiger partial charge is 0.264 e. The Bertz CT molecular complexity index is 1900. The maximum atomic E-state index is 13.6. The Morgan fingerprint density at radius 1 is 0.902 bits per heavy atom. The molecule has 0 bridgehead atoms. The summed E-state index contributed by atoms with van der Waals surface area (Å²) in [6.45, 7) is 1.10. The van der Waals surface area contributed by atoms with E-state index in [0.717, 1.165) is 23.8 Å². The van der Waals surface area contributed by atoms with Gasteiger partial charge in [-0.05, 0) is 48.5 Å². The van der Waals surface area contributed by atoms with Crippen LogP contribution in [0, 0.1) is 0 Å². The molecular formula is C30H25N3O6S2. The van der Waals surface area contributed by atoms with Gasteiger partial charge in [-0.2, -0.15) is 0 Å². The molecule has 0 saturated carbocycles. The summed E-state index contributed by atoms with van der Waals surface area (Å²) in [6.07, 6.45) is 0. The van der Waals surface area contributed by atoms with Crippen LogP contribution < -0.4 is 19.9 Å². The number of aromatic nitrogens is 1. The summed E-state index contributed by atoms with van der Waals surface area (Å²) < 4.78 is 37.7. The predicted molar refractivity (Wildman–Crippen MR) is 159 cm³/mol. The molecule has 5 rings (SSSR count). The van der Waals surface area contributed by atoms with Crippen molar-refractivity contribution >= 4 is 49.0 Å². The number of hydrogen-bond donors (Lipinski definition) is 2.